The molecule has 11 nitrogen and oxygen atoms in total. The first-order valence-corrected chi connectivity index (χ1v) is 15.5. The summed E-state index contributed by atoms with van der Waals surface area (Å²) in [5.41, 5.74) is 2.20. The van der Waals surface area contributed by atoms with Crippen molar-refractivity contribution in [1.29, 1.82) is 0 Å². The molecule has 4 aromatic rings. The number of carbonyl (C=O) groups is 3. The third-order valence-electron chi connectivity index (χ3n) is 6.49. The molecular weight excluding hydrogens is 578 g/mol. The average molecular weight is 610 g/mol. The van der Waals surface area contributed by atoms with Crippen LogP contribution in [-0.2, 0) is 28.9 Å². The van der Waals surface area contributed by atoms with Gasteiger partial charge in [-0.25, -0.2) is 4.79 Å². The Morgan fingerprint density at radius 2 is 1.88 bits per heavy atom. The molecule has 3 aromatic heterocycles. The highest BCUT2D eigenvalue weighted by molar-refractivity contribution is 7.99. The fraction of sp³-hybridized carbons (Fsp3) is 0.345. The summed E-state index contributed by atoms with van der Waals surface area (Å²) in [7, 11) is 0. The number of nitrogens with zero attached hydrogens (tertiary/aromatic N) is 3. The molecule has 2 N–H and O–H groups in total. The standard InChI is InChI=1S/C29H31N5O6S2/c1-3-38-19-13-11-18(12-14-19)34-23(16-30-26(36)21-9-7-15-40-21)32-33-29(34)41-17-24(35)31-27-25(28(37)39-4-2)20-8-5-6-10-22(20)42-27/h7,9,11-15H,3-6,8,10,16-17H2,1-2H3,(H,30,36)(H,31,35). The molecule has 1 aliphatic rings. The predicted octanol–water partition coefficient (Wildman–Crippen LogP) is 5.04. The lowest BCUT2D eigenvalue weighted by Gasteiger charge is -2.12. The molecule has 0 atom stereocenters. The number of thiophene rings is 1. The van der Waals surface area contributed by atoms with Gasteiger partial charge in [0.15, 0.2) is 16.7 Å². The summed E-state index contributed by atoms with van der Waals surface area (Å²) in [4.78, 5) is 39.5. The van der Waals surface area contributed by atoms with Crippen LogP contribution in [0.1, 0.15) is 63.9 Å². The highest BCUT2D eigenvalue weighted by atomic mass is 32.2. The van der Waals surface area contributed by atoms with Crippen LogP contribution in [0.15, 0.2) is 52.2 Å². The maximum absolute atomic E-state index is 13.1. The molecule has 0 spiro atoms. The van der Waals surface area contributed by atoms with Crippen molar-refractivity contribution in [1.82, 2.24) is 20.1 Å². The average Bonchev–Trinajstić information content (AvgIpc) is 3.74. The van der Waals surface area contributed by atoms with Gasteiger partial charge in [-0.1, -0.05) is 11.8 Å². The number of ether oxygens (including phenoxy) is 2. The molecule has 0 saturated heterocycles. The number of furan rings is 1. The van der Waals surface area contributed by atoms with E-state index in [0.717, 1.165) is 41.8 Å². The number of carbonyl (C=O) groups excluding carboxylic acids is 3. The van der Waals surface area contributed by atoms with Gasteiger partial charge >= 0.3 is 5.97 Å². The number of anilines is 1. The zero-order valence-electron chi connectivity index (χ0n) is 23.3. The Morgan fingerprint density at radius 1 is 1.07 bits per heavy atom. The van der Waals surface area contributed by atoms with Crippen LogP contribution in [0, 0.1) is 0 Å². The van der Waals surface area contributed by atoms with Gasteiger partial charge in [0.1, 0.15) is 10.8 Å². The van der Waals surface area contributed by atoms with Crippen LogP contribution < -0.4 is 15.4 Å². The summed E-state index contributed by atoms with van der Waals surface area (Å²) in [5.74, 6) is 0.328. The van der Waals surface area contributed by atoms with E-state index in [2.05, 4.69) is 20.8 Å². The van der Waals surface area contributed by atoms with Gasteiger partial charge in [-0.15, -0.1) is 21.5 Å². The molecule has 0 fully saturated rings. The molecule has 0 radical (unpaired) electrons. The van der Waals surface area contributed by atoms with E-state index in [4.69, 9.17) is 13.9 Å². The van der Waals surface area contributed by atoms with Crippen molar-refractivity contribution < 1.29 is 28.3 Å². The molecule has 42 heavy (non-hydrogen) atoms. The molecular formula is C29H31N5O6S2. The van der Waals surface area contributed by atoms with E-state index in [0.29, 0.717) is 33.9 Å². The van der Waals surface area contributed by atoms with E-state index in [1.54, 1.807) is 23.6 Å². The second-order valence-corrected chi connectivity index (χ2v) is 11.3. The minimum atomic E-state index is -0.406. The largest absolute Gasteiger partial charge is 0.494 e. The predicted molar refractivity (Wildman–Crippen MR) is 159 cm³/mol. The topological polar surface area (TPSA) is 138 Å². The molecule has 13 heteroatoms. The van der Waals surface area contributed by atoms with Crippen LogP contribution in [0.4, 0.5) is 5.00 Å². The van der Waals surface area contributed by atoms with Crippen molar-refractivity contribution >= 4 is 45.9 Å². The Morgan fingerprint density at radius 3 is 2.62 bits per heavy atom. The number of nitrogens with one attached hydrogen (secondary N) is 2. The van der Waals surface area contributed by atoms with E-state index in [1.807, 2.05) is 31.2 Å². The lowest BCUT2D eigenvalue weighted by atomic mass is 9.95. The van der Waals surface area contributed by atoms with Crippen LogP contribution in [0.2, 0.25) is 0 Å². The van der Waals surface area contributed by atoms with Crippen molar-refractivity contribution in [2.75, 3.05) is 24.3 Å². The Labute approximate surface area is 251 Å². The van der Waals surface area contributed by atoms with Gasteiger partial charge in [0.2, 0.25) is 5.91 Å². The summed E-state index contributed by atoms with van der Waals surface area (Å²) in [5, 5.41) is 15.3. The summed E-state index contributed by atoms with van der Waals surface area (Å²) in [6.45, 7) is 4.56. The van der Waals surface area contributed by atoms with Crippen LogP contribution in [0.25, 0.3) is 5.69 Å². The Bertz CT molecular complexity index is 1550. The quantitative estimate of drug-likeness (QED) is 0.167. The van der Waals surface area contributed by atoms with Crippen molar-refractivity contribution in [2.45, 2.75) is 51.2 Å². The zero-order valence-corrected chi connectivity index (χ0v) is 24.9. The summed E-state index contributed by atoms with van der Waals surface area (Å²) in [6, 6.07) is 10.6. The lowest BCUT2D eigenvalue weighted by molar-refractivity contribution is -0.113. The van der Waals surface area contributed by atoms with E-state index < -0.39 is 5.97 Å². The van der Waals surface area contributed by atoms with Crippen LogP contribution in [-0.4, -0.2) is 51.5 Å². The van der Waals surface area contributed by atoms with Crippen LogP contribution >= 0.6 is 23.1 Å². The molecule has 5 rings (SSSR count). The third kappa shape index (κ3) is 6.68. The van der Waals surface area contributed by atoms with Gasteiger partial charge in [0.25, 0.3) is 5.91 Å². The van der Waals surface area contributed by atoms with E-state index in [9.17, 15) is 14.4 Å². The highest BCUT2D eigenvalue weighted by Crippen LogP contribution is 2.38. The molecule has 0 bridgehead atoms. The Kier molecular flexibility index (Phi) is 9.59. The number of hydrogen-bond donors (Lipinski definition) is 2. The monoisotopic (exact) mass is 609 g/mol. The van der Waals surface area contributed by atoms with E-state index in [-0.39, 0.29) is 36.5 Å². The second kappa shape index (κ2) is 13.7. The first kappa shape index (κ1) is 29.4. The third-order valence-corrected chi connectivity index (χ3v) is 8.63. The summed E-state index contributed by atoms with van der Waals surface area (Å²) >= 11 is 2.65. The molecule has 1 aromatic carbocycles. The molecule has 3 heterocycles. The second-order valence-electron chi connectivity index (χ2n) is 9.29. The fourth-order valence-electron chi connectivity index (χ4n) is 4.65. The van der Waals surface area contributed by atoms with Gasteiger partial charge in [-0.2, -0.15) is 0 Å². The summed E-state index contributed by atoms with van der Waals surface area (Å²) < 4.78 is 17.8. The normalized spacial score (nSPS) is 12.4. The number of thioether (sulfide) groups is 1. The minimum Gasteiger partial charge on any atom is -0.494 e. The van der Waals surface area contributed by atoms with Gasteiger partial charge in [-0.05, 0) is 81.5 Å². The number of esters is 1. The Balaban J connectivity index is 1.34. The van der Waals surface area contributed by atoms with Gasteiger partial charge in [0.05, 0.1) is 37.3 Å². The maximum atomic E-state index is 13.1. The number of benzene rings is 1. The smallest absolute Gasteiger partial charge is 0.341 e. The first-order chi connectivity index (χ1) is 20.5. The first-order valence-electron chi connectivity index (χ1n) is 13.7. The molecule has 0 unspecified atom stereocenters. The lowest BCUT2D eigenvalue weighted by Crippen LogP contribution is -2.24. The molecule has 0 aliphatic heterocycles. The molecule has 2 amide bonds. The number of aryl methyl sites for hydroxylation is 1. The number of hydrogen-bond acceptors (Lipinski definition) is 10. The SMILES string of the molecule is CCOC(=O)c1c(NC(=O)CSc2nnc(CNC(=O)c3ccco3)n2-c2ccc(OCC)cc2)sc2c1CCCC2. The molecule has 220 valence electrons. The number of amides is 2. The van der Waals surface area contributed by atoms with Crippen molar-refractivity contribution in [3.63, 3.8) is 0 Å². The van der Waals surface area contributed by atoms with Crippen molar-refractivity contribution in [3.8, 4) is 11.4 Å². The van der Waals surface area contributed by atoms with E-state index >= 15 is 0 Å². The van der Waals surface area contributed by atoms with Gasteiger partial charge in [0, 0.05) is 10.6 Å². The van der Waals surface area contributed by atoms with Crippen LogP contribution in [0.3, 0.4) is 0 Å². The molecule has 1 aliphatic carbocycles. The van der Waals surface area contributed by atoms with Crippen molar-refractivity contribution in [3.05, 3.63) is 70.3 Å². The number of aromatic nitrogens is 3. The highest BCUT2D eigenvalue weighted by Gasteiger charge is 2.27. The molecule has 0 saturated carbocycles. The van der Waals surface area contributed by atoms with Gasteiger partial charge in [-0.3, -0.25) is 14.2 Å². The number of fused-ring (bicyclic) bond motifs is 1. The van der Waals surface area contributed by atoms with Crippen molar-refractivity contribution in [2.24, 2.45) is 0 Å². The van der Waals surface area contributed by atoms with E-state index in [1.165, 1.54) is 29.4 Å². The minimum absolute atomic E-state index is 0.0265. The number of rotatable bonds is 12. The summed E-state index contributed by atoms with van der Waals surface area (Å²) in [6.07, 6.45) is 5.18. The zero-order chi connectivity index (χ0) is 29.5. The van der Waals surface area contributed by atoms with Gasteiger partial charge < -0.3 is 24.5 Å². The van der Waals surface area contributed by atoms with Crippen LogP contribution in [0.5, 0.6) is 5.75 Å². The maximum Gasteiger partial charge on any atom is 0.341 e. The Hall–Kier alpha value is -4.10. The fourth-order valence-corrected chi connectivity index (χ4v) is 6.71.